The van der Waals surface area contributed by atoms with Crippen molar-refractivity contribution in [3.8, 4) is 0 Å². The SMILES string of the molecule is Cc1cc(NC(=O)CSc2nc3ccccc3c(=O)n2Cc2ccco2)n(C)n1. The summed E-state index contributed by atoms with van der Waals surface area (Å²) in [5.74, 6) is 1.16. The van der Waals surface area contributed by atoms with Gasteiger partial charge in [-0.2, -0.15) is 5.10 Å². The predicted molar refractivity (Wildman–Crippen MR) is 111 cm³/mol. The number of thioether (sulfide) groups is 1. The normalized spacial score (nSPS) is 11.1. The highest BCUT2D eigenvalue weighted by Crippen LogP contribution is 2.20. The molecule has 0 aliphatic heterocycles. The number of para-hydroxylation sites is 1. The Morgan fingerprint density at radius 2 is 2.07 bits per heavy atom. The third-order valence-corrected chi connectivity index (χ3v) is 5.30. The number of nitrogens with zero attached hydrogens (tertiary/aromatic N) is 4. The molecule has 1 amide bonds. The lowest BCUT2D eigenvalue weighted by Crippen LogP contribution is -2.24. The van der Waals surface area contributed by atoms with Crippen LogP contribution >= 0.6 is 11.8 Å². The summed E-state index contributed by atoms with van der Waals surface area (Å²) >= 11 is 1.21. The standard InChI is InChI=1S/C20H19N5O3S/c1-13-10-17(24(2)23-13)22-18(26)12-29-20-21-16-8-4-3-7-15(16)19(27)25(20)11-14-6-5-9-28-14/h3-10H,11-12H2,1-2H3,(H,22,26). The first kappa shape index (κ1) is 19.0. The van der Waals surface area contributed by atoms with Crippen molar-refractivity contribution in [3.05, 3.63) is 70.5 Å². The summed E-state index contributed by atoms with van der Waals surface area (Å²) in [5.41, 5.74) is 1.24. The predicted octanol–water partition coefficient (Wildman–Crippen LogP) is 2.81. The molecule has 1 N–H and O–H groups in total. The number of carbonyl (C=O) groups is 1. The molecule has 4 aromatic rings. The zero-order valence-corrected chi connectivity index (χ0v) is 16.8. The first-order valence-electron chi connectivity index (χ1n) is 8.96. The van der Waals surface area contributed by atoms with Crippen LogP contribution in [0.15, 0.2) is 63.1 Å². The van der Waals surface area contributed by atoms with Gasteiger partial charge in [-0.1, -0.05) is 23.9 Å². The van der Waals surface area contributed by atoms with Crippen LogP contribution in [0.2, 0.25) is 0 Å². The van der Waals surface area contributed by atoms with Gasteiger partial charge in [0.2, 0.25) is 5.91 Å². The molecule has 1 aromatic carbocycles. The average Bonchev–Trinajstić information content (AvgIpc) is 3.32. The Kier molecular flexibility index (Phi) is 5.22. The van der Waals surface area contributed by atoms with E-state index in [4.69, 9.17) is 4.42 Å². The van der Waals surface area contributed by atoms with E-state index in [2.05, 4.69) is 15.4 Å². The van der Waals surface area contributed by atoms with Crippen molar-refractivity contribution in [1.82, 2.24) is 19.3 Å². The Bertz CT molecular complexity index is 1230. The van der Waals surface area contributed by atoms with Crippen molar-refractivity contribution in [3.63, 3.8) is 0 Å². The molecule has 9 heteroatoms. The van der Waals surface area contributed by atoms with Crippen LogP contribution in [0.1, 0.15) is 11.5 Å². The van der Waals surface area contributed by atoms with Gasteiger partial charge in [-0.3, -0.25) is 18.8 Å². The average molecular weight is 409 g/mol. The minimum Gasteiger partial charge on any atom is -0.467 e. The second kappa shape index (κ2) is 7.96. The van der Waals surface area contributed by atoms with Crippen molar-refractivity contribution >= 4 is 34.4 Å². The topological polar surface area (TPSA) is 95.0 Å². The Balaban J connectivity index is 1.60. The van der Waals surface area contributed by atoms with Gasteiger partial charge in [-0.05, 0) is 31.2 Å². The second-order valence-corrected chi connectivity index (χ2v) is 7.46. The maximum absolute atomic E-state index is 13.0. The number of anilines is 1. The third-order valence-electron chi connectivity index (χ3n) is 4.32. The van der Waals surface area contributed by atoms with Gasteiger partial charge < -0.3 is 9.73 Å². The molecule has 0 radical (unpaired) electrons. The maximum Gasteiger partial charge on any atom is 0.262 e. The van der Waals surface area contributed by atoms with Gasteiger partial charge in [0.05, 0.1) is 35.2 Å². The van der Waals surface area contributed by atoms with Crippen LogP contribution in [0.25, 0.3) is 10.9 Å². The summed E-state index contributed by atoms with van der Waals surface area (Å²) in [5, 5.41) is 8.02. The lowest BCUT2D eigenvalue weighted by atomic mass is 10.2. The van der Waals surface area contributed by atoms with Crippen molar-refractivity contribution in [2.75, 3.05) is 11.1 Å². The molecule has 0 saturated carbocycles. The van der Waals surface area contributed by atoms with E-state index in [0.29, 0.717) is 27.6 Å². The second-order valence-electron chi connectivity index (χ2n) is 6.51. The monoisotopic (exact) mass is 409 g/mol. The number of amides is 1. The quantitative estimate of drug-likeness (QED) is 0.389. The first-order valence-corrected chi connectivity index (χ1v) is 9.95. The molecule has 0 bridgehead atoms. The van der Waals surface area contributed by atoms with Crippen LogP contribution < -0.4 is 10.9 Å². The van der Waals surface area contributed by atoms with Gasteiger partial charge in [-0.15, -0.1) is 0 Å². The molecular formula is C20H19N5O3S. The van der Waals surface area contributed by atoms with E-state index in [9.17, 15) is 9.59 Å². The van der Waals surface area contributed by atoms with Gasteiger partial charge in [0.1, 0.15) is 11.6 Å². The van der Waals surface area contributed by atoms with E-state index in [1.54, 1.807) is 54.4 Å². The molecule has 0 spiro atoms. The molecule has 0 atom stereocenters. The van der Waals surface area contributed by atoms with Crippen molar-refractivity contribution in [2.45, 2.75) is 18.6 Å². The zero-order chi connectivity index (χ0) is 20.4. The van der Waals surface area contributed by atoms with E-state index in [1.807, 2.05) is 13.0 Å². The lowest BCUT2D eigenvalue weighted by Gasteiger charge is -2.12. The number of hydrogen-bond acceptors (Lipinski definition) is 6. The van der Waals surface area contributed by atoms with E-state index in [-0.39, 0.29) is 23.8 Å². The number of benzene rings is 1. The molecule has 0 unspecified atom stereocenters. The van der Waals surface area contributed by atoms with Crippen LogP contribution in [0.4, 0.5) is 5.82 Å². The van der Waals surface area contributed by atoms with Crippen LogP contribution in [-0.4, -0.2) is 31.0 Å². The van der Waals surface area contributed by atoms with Gasteiger partial charge in [-0.25, -0.2) is 4.98 Å². The third kappa shape index (κ3) is 4.09. The Hall–Kier alpha value is -3.33. The summed E-state index contributed by atoms with van der Waals surface area (Å²) in [6.45, 7) is 2.10. The van der Waals surface area contributed by atoms with Crippen LogP contribution in [-0.2, 0) is 18.4 Å². The smallest absolute Gasteiger partial charge is 0.262 e. The Morgan fingerprint density at radius 1 is 1.24 bits per heavy atom. The highest BCUT2D eigenvalue weighted by molar-refractivity contribution is 7.99. The molecule has 148 valence electrons. The fraction of sp³-hybridized carbons (Fsp3) is 0.200. The first-order chi connectivity index (χ1) is 14.0. The van der Waals surface area contributed by atoms with Gasteiger partial charge in [0, 0.05) is 13.1 Å². The number of aromatic nitrogens is 4. The van der Waals surface area contributed by atoms with Crippen molar-refractivity contribution in [2.24, 2.45) is 7.05 Å². The minimum atomic E-state index is -0.204. The molecule has 8 nitrogen and oxygen atoms in total. The lowest BCUT2D eigenvalue weighted by molar-refractivity contribution is -0.113. The highest BCUT2D eigenvalue weighted by Gasteiger charge is 2.15. The number of furan rings is 1. The molecule has 3 heterocycles. The summed E-state index contributed by atoms with van der Waals surface area (Å²) in [7, 11) is 1.77. The molecule has 0 saturated heterocycles. The molecule has 0 aliphatic carbocycles. The van der Waals surface area contributed by atoms with Gasteiger partial charge in [0.25, 0.3) is 5.56 Å². The number of carbonyl (C=O) groups excluding carboxylic acids is 1. The van der Waals surface area contributed by atoms with Crippen LogP contribution in [0, 0.1) is 6.92 Å². The largest absolute Gasteiger partial charge is 0.467 e. The van der Waals surface area contributed by atoms with E-state index < -0.39 is 0 Å². The number of rotatable bonds is 6. The highest BCUT2D eigenvalue weighted by atomic mass is 32.2. The van der Waals surface area contributed by atoms with Gasteiger partial charge >= 0.3 is 0 Å². The fourth-order valence-electron chi connectivity index (χ4n) is 2.99. The maximum atomic E-state index is 13.0. The summed E-state index contributed by atoms with van der Waals surface area (Å²) in [4.78, 5) is 30.0. The Morgan fingerprint density at radius 3 is 2.79 bits per heavy atom. The molecule has 29 heavy (non-hydrogen) atoms. The summed E-state index contributed by atoms with van der Waals surface area (Å²) < 4.78 is 8.54. The number of fused-ring (bicyclic) bond motifs is 1. The summed E-state index contributed by atoms with van der Waals surface area (Å²) in [6, 6.07) is 12.5. The van der Waals surface area contributed by atoms with Crippen LogP contribution in [0.3, 0.4) is 0 Å². The van der Waals surface area contributed by atoms with Gasteiger partial charge in [0.15, 0.2) is 5.16 Å². The molecule has 3 aromatic heterocycles. The molecular weight excluding hydrogens is 390 g/mol. The number of aryl methyl sites for hydroxylation is 2. The molecule has 4 rings (SSSR count). The summed E-state index contributed by atoms with van der Waals surface area (Å²) in [6.07, 6.45) is 1.56. The van der Waals surface area contributed by atoms with Crippen molar-refractivity contribution < 1.29 is 9.21 Å². The van der Waals surface area contributed by atoms with Crippen LogP contribution in [0.5, 0.6) is 0 Å². The fourth-order valence-corrected chi connectivity index (χ4v) is 3.79. The zero-order valence-electron chi connectivity index (χ0n) is 16.0. The molecule has 0 fully saturated rings. The number of nitrogens with one attached hydrogen (secondary N) is 1. The minimum absolute atomic E-state index is 0.104. The van der Waals surface area contributed by atoms with E-state index >= 15 is 0 Å². The number of hydrogen-bond donors (Lipinski definition) is 1. The Labute approximate surface area is 170 Å². The molecule has 0 aliphatic rings. The van der Waals surface area contributed by atoms with Crippen molar-refractivity contribution in [1.29, 1.82) is 0 Å². The van der Waals surface area contributed by atoms with E-state index in [1.165, 1.54) is 16.3 Å². The van der Waals surface area contributed by atoms with E-state index in [0.717, 1.165) is 5.69 Å².